The van der Waals surface area contributed by atoms with Crippen LogP contribution in [0, 0.1) is 5.92 Å². The SMILES string of the molecule is CCC(CC)C(=O)N1CCC(NC(=NC)NCC(C)(C)c2cccc(OC)c2)CC1. The van der Waals surface area contributed by atoms with Gasteiger partial charge in [-0.15, -0.1) is 0 Å². The Morgan fingerprint density at radius 1 is 1.27 bits per heavy atom. The number of piperidine rings is 1. The van der Waals surface area contributed by atoms with Crippen LogP contribution >= 0.6 is 0 Å². The van der Waals surface area contributed by atoms with Gasteiger partial charge in [0.25, 0.3) is 0 Å². The number of amides is 1. The third-order valence-corrected chi connectivity index (χ3v) is 6.25. The summed E-state index contributed by atoms with van der Waals surface area (Å²) in [6.07, 6.45) is 3.75. The van der Waals surface area contributed by atoms with Crippen LogP contribution in [0.15, 0.2) is 29.3 Å². The third-order valence-electron chi connectivity index (χ3n) is 6.25. The van der Waals surface area contributed by atoms with E-state index < -0.39 is 0 Å². The molecule has 1 amide bonds. The second kappa shape index (κ2) is 11.2. The summed E-state index contributed by atoms with van der Waals surface area (Å²) in [5.74, 6) is 2.18. The van der Waals surface area contributed by atoms with Gasteiger partial charge < -0.3 is 20.3 Å². The van der Waals surface area contributed by atoms with Crippen LogP contribution in [0.4, 0.5) is 0 Å². The molecule has 0 spiro atoms. The molecule has 1 aromatic rings. The number of ether oxygens (including phenoxy) is 1. The molecule has 0 aliphatic carbocycles. The lowest BCUT2D eigenvalue weighted by Crippen LogP contribution is -2.51. The minimum absolute atomic E-state index is 0.0722. The van der Waals surface area contributed by atoms with Crippen LogP contribution in [0.2, 0.25) is 0 Å². The number of carbonyl (C=O) groups is 1. The first-order valence-electron chi connectivity index (χ1n) is 11.2. The van der Waals surface area contributed by atoms with E-state index in [1.54, 1.807) is 14.2 Å². The van der Waals surface area contributed by atoms with Crippen LogP contribution in [0.25, 0.3) is 0 Å². The van der Waals surface area contributed by atoms with Crippen molar-refractivity contribution < 1.29 is 9.53 Å². The normalized spacial score (nSPS) is 16.0. The molecular formula is C24H40N4O2. The topological polar surface area (TPSA) is 66.0 Å². The molecule has 0 atom stereocenters. The fourth-order valence-corrected chi connectivity index (χ4v) is 3.98. The van der Waals surface area contributed by atoms with E-state index in [1.165, 1.54) is 5.56 Å². The number of nitrogens with zero attached hydrogens (tertiary/aromatic N) is 2. The molecule has 2 N–H and O–H groups in total. The molecule has 2 rings (SSSR count). The second-order valence-electron chi connectivity index (χ2n) is 8.80. The zero-order valence-corrected chi connectivity index (χ0v) is 19.6. The maximum absolute atomic E-state index is 12.6. The first-order chi connectivity index (χ1) is 14.3. The van der Waals surface area contributed by atoms with E-state index in [0.717, 1.165) is 57.0 Å². The summed E-state index contributed by atoms with van der Waals surface area (Å²) in [7, 11) is 3.50. The number of guanidine groups is 1. The zero-order valence-electron chi connectivity index (χ0n) is 19.6. The van der Waals surface area contributed by atoms with Crippen LogP contribution < -0.4 is 15.4 Å². The van der Waals surface area contributed by atoms with Gasteiger partial charge in [0, 0.05) is 44.1 Å². The highest BCUT2D eigenvalue weighted by Gasteiger charge is 2.27. The number of hydrogen-bond acceptors (Lipinski definition) is 3. The molecule has 1 aliphatic rings. The molecule has 0 aromatic heterocycles. The van der Waals surface area contributed by atoms with Crippen molar-refractivity contribution in [2.24, 2.45) is 10.9 Å². The van der Waals surface area contributed by atoms with Gasteiger partial charge in [0.1, 0.15) is 5.75 Å². The van der Waals surface area contributed by atoms with E-state index in [0.29, 0.717) is 11.9 Å². The largest absolute Gasteiger partial charge is 0.497 e. The standard InChI is InChI=1S/C24H40N4O2/c1-7-18(8-2)22(29)28-14-12-20(13-15-28)27-23(25-5)26-17-24(3,4)19-10-9-11-21(16-19)30-6/h9-11,16,18,20H,7-8,12-15,17H2,1-6H3,(H2,25,26,27). The lowest BCUT2D eigenvalue weighted by Gasteiger charge is -2.35. The van der Waals surface area contributed by atoms with Gasteiger partial charge in [-0.05, 0) is 43.4 Å². The molecule has 1 aromatic carbocycles. The number of aliphatic imine (C=N–C) groups is 1. The quantitative estimate of drug-likeness (QED) is 0.502. The van der Waals surface area contributed by atoms with Crippen molar-refractivity contribution in [3.05, 3.63) is 29.8 Å². The van der Waals surface area contributed by atoms with Gasteiger partial charge in [0.2, 0.25) is 5.91 Å². The second-order valence-corrected chi connectivity index (χ2v) is 8.80. The van der Waals surface area contributed by atoms with Crippen molar-refractivity contribution in [2.75, 3.05) is 33.8 Å². The molecular weight excluding hydrogens is 376 g/mol. The lowest BCUT2D eigenvalue weighted by molar-refractivity contribution is -0.136. The van der Waals surface area contributed by atoms with Crippen molar-refractivity contribution >= 4 is 11.9 Å². The number of methoxy groups -OCH3 is 1. The van der Waals surface area contributed by atoms with Crippen molar-refractivity contribution in [3.63, 3.8) is 0 Å². The van der Waals surface area contributed by atoms with Gasteiger partial charge in [0.15, 0.2) is 5.96 Å². The van der Waals surface area contributed by atoms with Gasteiger partial charge in [-0.2, -0.15) is 0 Å². The number of carbonyl (C=O) groups excluding carboxylic acids is 1. The van der Waals surface area contributed by atoms with E-state index >= 15 is 0 Å². The molecule has 1 aliphatic heterocycles. The number of benzene rings is 1. The Kier molecular flexibility index (Phi) is 9.00. The number of hydrogen-bond donors (Lipinski definition) is 2. The number of rotatable bonds is 8. The molecule has 0 unspecified atom stereocenters. The van der Waals surface area contributed by atoms with E-state index in [9.17, 15) is 4.79 Å². The average molecular weight is 417 g/mol. The molecule has 6 heteroatoms. The van der Waals surface area contributed by atoms with E-state index in [2.05, 4.69) is 55.5 Å². The highest BCUT2D eigenvalue weighted by molar-refractivity contribution is 5.80. The molecule has 1 fully saturated rings. The Labute approximate surface area is 182 Å². The summed E-state index contributed by atoms with van der Waals surface area (Å²) < 4.78 is 5.37. The van der Waals surface area contributed by atoms with E-state index in [1.807, 2.05) is 17.0 Å². The Morgan fingerprint density at radius 3 is 2.50 bits per heavy atom. The van der Waals surface area contributed by atoms with E-state index in [4.69, 9.17) is 4.74 Å². The first-order valence-corrected chi connectivity index (χ1v) is 11.2. The number of nitrogens with one attached hydrogen (secondary N) is 2. The van der Waals surface area contributed by atoms with Gasteiger partial charge in [-0.1, -0.05) is 39.8 Å². The first kappa shape index (κ1) is 24.0. The Balaban J connectivity index is 1.86. The van der Waals surface area contributed by atoms with Crippen LogP contribution in [-0.4, -0.2) is 56.6 Å². The van der Waals surface area contributed by atoms with Crippen LogP contribution in [0.5, 0.6) is 5.75 Å². The molecule has 30 heavy (non-hydrogen) atoms. The predicted octanol–water partition coefficient (Wildman–Crippen LogP) is 3.57. The maximum atomic E-state index is 12.6. The van der Waals surface area contributed by atoms with E-state index in [-0.39, 0.29) is 11.3 Å². The molecule has 168 valence electrons. The minimum Gasteiger partial charge on any atom is -0.497 e. The molecule has 0 radical (unpaired) electrons. The summed E-state index contributed by atoms with van der Waals surface area (Å²) >= 11 is 0. The fraction of sp³-hybridized carbons (Fsp3) is 0.667. The highest BCUT2D eigenvalue weighted by Crippen LogP contribution is 2.25. The smallest absolute Gasteiger partial charge is 0.225 e. The average Bonchev–Trinajstić information content (AvgIpc) is 2.77. The molecule has 0 saturated carbocycles. The predicted molar refractivity (Wildman–Crippen MR) is 124 cm³/mol. The summed E-state index contributed by atoms with van der Waals surface area (Å²) in [5.41, 5.74) is 1.15. The summed E-state index contributed by atoms with van der Waals surface area (Å²) in [6.45, 7) is 11.0. The van der Waals surface area contributed by atoms with Gasteiger partial charge in [0.05, 0.1) is 7.11 Å². The maximum Gasteiger partial charge on any atom is 0.225 e. The van der Waals surface area contributed by atoms with Gasteiger partial charge in [-0.25, -0.2) is 0 Å². The third kappa shape index (κ3) is 6.38. The minimum atomic E-state index is -0.0722. The van der Waals surface area contributed by atoms with Crippen molar-refractivity contribution in [1.29, 1.82) is 0 Å². The lowest BCUT2D eigenvalue weighted by atomic mass is 9.84. The zero-order chi connectivity index (χ0) is 22.1. The Morgan fingerprint density at radius 2 is 1.93 bits per heavy atom. The van der Waals surface area contributed by atoms with Crippen LogP contribution in [0.1, 0.15) is 58.9 Å². The van der Waals surface area contributed by atoms with Crippen LogP contribution in [0.3, 0.4) is 0 Å². The molecule has 0 bridgehead atoms. The summed E-state index contributed by atoms with van der Waals surface area (Å²) in [6, 6.07) is 8.55. The Bertz CT molecular complexity index is 705. The van der Waals surface area contributed by atoms with Gasteiger partial charge >= 0.3 is 0 Å². The summed E-state index contributed by atoms with van der Waals surface area (Å²) in [4.78, 5) is 19.0. The highest BCUT2D eigenvalue weighted by atomic mass is 16.5. The van der Waals surface area contributed by atoms with Gasteiger partial charge in [-0.3, -0.25) is 9.79 Å². The van der Waals surface area contributed by atoms with Crippen molar-refractivity contribution in [1.82, 2.24) is 15.5 Å². The van der Waals surface area contributed by atoms with Crippen LogP contribution in [-0.2, 0) is 10.2 Å². The monoisotopic (exact) mass is 416 g/mol. The van der Waals surface area contributed by atoms with Crippen molar-refractivity contribution in [3.8, 4) is 5.75 Å². The molecule has 1 saturated heterocycles. The fourth-order valence-electron chi connectivity index (χ4n) is 3.98. The summed E-state index contributed by atoms with van der Waals surface area (Å²) in [5, 5.41) is 7.03. The van der Waals surface area contributed by atoms with Crippen molar-refractivity contribution in [2.45, 2.75) is 64.8 Å². The Hall–Kier alpha value is -2.24. The number of likely N-dealkylation sites (tertiary alicyclic amines) is 1. The molecule has 1 heterocycles. The molecule has 6 nitrogen and oxygen atoms in total.